The Morgan fingerprint density at radius 1 is 1.46 bits per heavy atom. The number of carbonyl (C=O) groups is 1. The summed E-state index contributed by atoms with van der Waals surface area (Å²) in [6, 6.07) is 5.01. The lowest BCUT2D eigenvalue weighted by Gasteiger charge is -2.06. The topological polar surface area (TPSA) is 69.4 Å². The Balaban J connectivity index is 1.71. The molecular weight excluding hydrogens is 401 g/mol. The van der Waals surface area contributed by atoms with Gasteiger partial charge in [-0.25, -0.2) is 14.2 Å². The number of thioether (sulfide) groups is 1. The van der Waals surface area contributed by atoms with Crippen molar-refractivity contribution in [3.05, 3.63) is 74.0 Å². The van der Waals surface area contributed by atoms with Crippen LogP contribution in [0, 0.1) is 12.7 Å². The van der Waals surface area contributed by atoms with Crippen molar-refractivity contribution >= 4 is 40.7 Å². The molecule has 3 rings (SSSR count). The first-order valence-electron chi connectivity index (χ1n) is 7.27. The van der Waals surface area contributed by atoms with Gasteiger partial charge in [0.2, 0.25) is 11.2 Å². The molecule has 0 saturated heterocycles. The zero-order valence-electron chi connectivity index (χ0n) is 13.3. The number of thiazole rings is 1. The van der Waals surface area contributed by atoms with Gasteiger partial charge in [-0.05, 0) is 19.1 Å². The average molecular weight is 412 g/mol. The van der Waals surface area contributed by atoms with Gasteiger partial charge in [0, 0.05) is 17.1 Å². The maximum absolute atomic E-state index is 13.7. The van der Waals surface area contributed by atoms with Crippen molar-refractivity contribution in [1.29, 1.82) is 0 Å². The average Bonchev–Trinajstić information content (AvgIpc) is 3.00. The highest BCUT2D eigenvalue weighted by molar-refractivity contribution is 8.00. The molecule has 134 valence electrons. The van der Waals surface area contributed by atoms with Crippen molar-refractivity contribution in [2.75, 3.05) is 0 Å². The van der Waals surface area contributed by atoms with Gasteiger partial charge in [0.05, 0.1) is 10.8 Å². The third-order valence-corrected chi connectivity index (χ3v) is 5.63. The van der Waals surface area contributed by atoms with Gasteiger partial charge in [0.25, 0.3) is 0 Å². The molecule has 0 saturated carbocycles. The highest BCUT2D eigenvalue weighted by Crippen LogP contribution is 2.26. The maximum Gasteiger partial charge on any atom is 0.348 e. The van der Waals surface area contributed by atoms with E-state index >= 15 is 0 Å². The fourth-order valence-corrected chi connectivity index (χ4v) is 3.94. The first-order valence-corrected chi connectivity index (χ1v) is 9.51. The van der Waals surface area contributed by atoms with Gasteiger partial charge in [-0.2, -0.15) is 0 Å². The molecule has 1 aromatic carbocycles. The van der Waals surface area contributed by atoms with Crippen LogP contribution in [0.5, 0.6) is 5.75 Å². The number of aromatic nitrogens is 1. The van der Waals surface area contributed by atoms with Crippen molar-refractivity contribution in [3.63, 3.8) is 0 Å². The molecular formula is C17H11ClFNO4S2. The smallest absolute Gasteiger partial charge is 0.348 e. The van der Waals surface area contributed by atoms with Crippen LogP contribution in [0.25, 0.3) is 0 Å². The molecule has 0 unspecified atom stereocenters. The molecule has 0 spiro atoms. The summed E-state index contributed by atoms with van der Waals surface area (Å²) in [4.78, 5) is 28.5. The van der Waals surface area contributed by atoms with Crippen LogP contribution in [0.4, 0.5) is 4.39 Å². The van der Waals surface area contributed by atoms with E-state index in [2.05, 4.69) is 4.98 Å². The second-order valence-corrected chi connectivity index (χ2v) is 7.59. The van der Waals surface area contributed by atoms with Crippen LogP contribution >= 0.6 is 34.7 Å². The molecule has 0 atom stereocenters. The monoisotopic (exact) mass is 411 g/mol. The Morgan fingerprint density at radius 3 is 2.92 bits per heavy atom. The number of esters is 1. The molecule has 0 bridgehead atoms. The number of benzene rings is 1. The number of carbonyl (C=O) groups excluding carboxylic acids is 1. The molecule has 5 nitrogen and oxygen atoms in total. The predicted octanol–water partition coefficient (Wildman–Crippen LogP) is 4.71. The molecule has 0 amide bonds. The zero-order valence-corrected chi connectivity index (χ0v) is 15.7. The molecule has 2 heterocycles. The lowest BCUT2D eigenvalue weighted by atomic mass is 10.2. The summed E-state index contributed by atoms with van der Waals surface area (Å²) in [5.74, 6) is -1.44. The van der Waals surface area contributed by atoms with Crippen molar-refractivity contribution in [3.8, 4) is 5.75 Å². The van der Waals surface area contributed by atoms with Crippen molar-refractivity contribution < 1.29 is 18.3 Å². The lowest BCUT2D eigenvalue weighted by Crippen LogP contribution is -2.16. The van der Waals surface area contributed by atoms with E-state index in [4.69, 9.17) is 20.8 Å². The van der Waals surface area contributed by atoms with Crippen LogP contribution < -0.4 is 10.2 Å². The fourth-order valence-electron chi connectivity index (χ4n) is 1.96. The minimum Gasteiger partial charge on any atom is -0.464 e. The highest BCUT2D eigenvalue weighted by Gasteiger charge is 2.19. The lowest BCUT2D eigenvalue weighted by molar-refractivity contribution is 0.0724. The number of hydrogen-bond donors (Lipinski definition) is 0. The first kappa shape index (κ1) is 18.6. The molecule has 0 aliphatic carbocycles. The van der Waals surface area contributed by atoms with E-state index in [1.54, 1.807) is 0 Å². The predicted molar refractivity (Wildman–Crippen MR) is 97.8 cm³/mol. The van der Waals surface area contributed by atoms with E-state index in [1.807, 2.05) is 12.3 Å². The normalized spacial score (nSPS) is 10.7. The van der Waals surface area contributed by atoms with Crippen LogP contribution in [0.1, 0.15) is 21.8 Å². The summed E-state index contributed by atoms with van der Waals surface area (Å²) in [6.07, 6.45) is 1.03. The van der Waals surface area contributed by atoms with Crippen molar-refractivity contribution in [2.45, 2.75) is 17.0 Å². The summed E-state index contributed by atoms with van der Waals surface area (Å²) in [6.45, 7) is 1.89. The van der Waals surface area contributed by atoms with Gasteiger partial charge >= 0.3 is 5.97 Å². The summed E-state index contributed by atoms with van der Waals surface area (Å²) in [7, 11) is 0. The number of ether oxygens (including phenoxy) is 1. The summed E-state index contributed by atoms with van der Waals surface area (Å²) < 4.78 is 24.8. The van der Waals surface area contributed by atoms with Gasteiger partial charge in [-0.1, -0.05) is 29.4 Å². The van der Waals surface area contributed by atoms with Crippen LogP contribution in [-0.2, 0) is 5.75 Å². The molecule has 0 radical (unpaired) electrons. The van der Waals surface area contributed by atoms with E-state index in [1.165, 1.54) is 41.3 Å². The van der Waals surface area contributed by atoms with Gasteiger partial charge in [0.15, 0.2) is 4.34 Å². The molecule has 0 N–H and O–H groups in total. The largest absolute Gasteiger partial charge is 0.464 e. The van der Waals surface area contributed by atoms with E-state index < -0.39 is 22.8 Å². The highest BCUT2D eigenvalue weighted by atomic mass is 35.5. The quantitative estimate of drug-likeness (QED) is 0.447. The molecule has 0 fully saturated rings. The van der Waals surface area contributed by atoms with E-state index in [0.717, 1.165) is 22.4 Å². The molecule has 9 heteroatoms. The Hall–Kier alpha value is -2.16. The fraction of sp³-hybridized carbons (Fsp3) is 0.118. The van der Waals surface area contributed by atoms with Crippen LogP contribution in [-0.4, -0.2) is 11.0 Å². The van der Waals surface area contributed by atoms with Gasteiger partial charge in [-0.15, -0.1) is 11.3 Å². The zero-order chi connectivity index (χ0) is 18.7. The van der Waals surface area contributed by atoms with Gasteiger partial charge < -0.3 is 9.15 Å². The summed E-state index contributed by atoms with van der Waals surface area (Å²) in [5, 5.41) is 1.82. The van der Waals surface area contributed by atoms with E-state index in [0.29, 0.717) is 11.5 Å². The summed E-state index contributed by atoms with van der Waals surface area (Å²) >= 11 is 8.73. The molecule has 0 aliphatic rings. The maximum atomic E-state index is 13.7. The Morgan fingerprint density at radius 2 is 2.27 bits per heavy atom. The van der Waals surface area contributed by atoms with Crippen LogP contribution in [0.3, 0.4) is 0 Å². The number of hydrogen-bond acceptors (Lipinski definition) is 7. The van der Waals surface area contributed by atoms with Crippen molar-refractivity contribution in [2.24, 2.45) is 0 Å². The van der Waals surface area contributed by atoms with E-state index in [-0.39, 0.29) is 10.8 Å². The Kier molecular flexibility index (Phi) is 5.75. The van der Waals surface area contributed by atoms with Crippen LogP contribution in [0.2, 0.25) is 5.02 Å². The Bertz CT molecular complexity index is 998. The second-order valence-electron chi connectivity index (χ2n) is 5.10. The number of rotatable bonds is 5. The summed E-state index contributed by atoms with van der Waals surface area (Å²) in [5.41, 5.74) is -0.0664. The standard InChI is InChI=1S/C17H11ClFNO4S2/c1-9-7-25-17(20-9)26-8-10-5-13(21)14(6-23-10)24-16(22)15-11(18)3-2-4-12(15)19/h2-7H,8H2,1H3. The number of nitrogens with zero attached hydrogens (tertiary/aromatic N) is 1. The molecule has 2 aromatic heterocycles. The minimum absolute atomic E-state index is 0.105. The third-order valence-electron chi connectivity index (χ3n) is 3.16. The SMILES string of the molecule is Cc1csc(SCc2cc(=O)c(OC(=O)c3c(F)cccc3Cl)co2)n1. The number of aryl methyl sites for hydroxylation is 1. The van der Waals surface area contributed by atoms with Gasteiger partial charge in [-0.3, -0.25) is 4.79 Å². The molecule has 26 heavy (non-hydrogen) atoms. The first-order chi connectivity index (χ1) is 12.4. The van der Waals surface area contributed by atoms with Gasteiger partial charge in [0.1, 0.15) is 23.4 Å². The molecule has 0 aliphatic heterocycles. The third kappa shape index (κ3) is 4.32. The Labute approximate surface area is 160 Å². The number of halogens is 2. The van der Waals surface area contributed by atoms with Crippen molar-refractivity contribution in [1.82, 2.24) is 4.98 Å². The second kappa shape index (κ2) is 8.03. The van der Waals surface area contributed by atoms with Crippen LogP contribution in [0.15, 0.2) is 49.5 Å². The minimum atomic E-state index is -1.07. The molecule has 3 aromatic rings. The van der Waals surface area contributed by atoms with E-state index in [9.17, 15) is 14.0 Å².